The lowest BCUT2D eigenvalue weighted by molar-refractivity contribution is 0.101. The number of Topliss-reactive ketones (excluding diaryl/α,β-unsaturated/α-hetero) is 1. The lowest BCUT2D eigenvalue weighted by Gasteiger charge is -2.08. The zero-order chi connectivity index (χ0) is 12.3. The fourth-order valence-electron chi connectivity index (χ4n) is 1.78. The van der Waals surface area contributed by atoms with Crippen LogP contribution in [0.2, 0.25) is 0 Å². The fraction of sp³-hybridized carbons (Fsp3) is 0.417. The molecular formula is C12H14IN3O. The Balaban J connectivity index is 2.22. The standard InChI is InChI=1S/C12H14IN3O/c1-9(17)11-8-10(13)4-5-12(11)14-15-16-6-2-3-7-16/h4-5,8H,2-3,6-7H2,1H3/b15-14+. The first-order valence-corrected chi connectivity index (χ1v) is 6.72. The number of ketones is 1. The van der Waals surface area contributed by atoms with Crippen molar-refractivity contribution in [2.24, 2.45) is 10.3 Å². The molecule has 5 heteroatoms. The van der Waals surface area contributed by atoms with E-state index in [9.17, 15) is 4.79 Å². The van der Waals surface area contributed by atoms with E-state index in [1.807, 2.05) is 23.2 Å². The largest absolute Gasteiger partial charge is 0.294 e. The van der Waals surface area contributed by atoms with E-state index in [0.29, 0.717) is 11.3 Å². The molecular weight excluding hydrogens is 329 g/mol. The summed E-state index contributed by atoms with van der Waals surface area (Å²) in [7, 11) is 0. The fourth-order valence-corrected chi connectivity index (χ4v) is 2.27. The van der Waals surface area contributed by atoms with Gasteiger partial charge in [-0.3, -0.25) is 9.80 Å². The number of carbonyl (C=O) groups is 1. The molecule has 0 radical (unpaired) electrons. The molecule has 0 amide bonds. The Hall–Kier alpha value is -0.980. The van der Waals surface area contributed by atoms with Gasteiger partial charge < -0.3 is 0 Å². The molecule has 0 spiro atoms. The maximum absolute atomic E-state index is 11.5. The molecule has 4 nitrogen and oxygen atoms in total. The summed E-state index contributed by atoms with van der Waals surface area (Å²) in [6.07, 6.45) is 2.34. The van der Waals surface area contributed by atoms with Crippen LogP contribution in [-0.2, 0) is 0 Å². The second kappa shape index (κ2) is 5.57. The summed E-state index contributed by atoms with van der Waals surface area (Å²) in [5.41, 5.74) is 1.30. The van der Waals surface area contributed by atoms with Crippen LogP contribution in [0.3, 0.4) is 0 Å². The predicted molar refractivity (Wildman–Crippen MR) is 74.5 cm³/mol. The summed E-state index contributed by atoms with van der Waals surface area (Å²) in [5, 5.41) is 10.3. The zero-order valence-electron chi connectivity index (χ0n) is 9.69. The summed E-state index contributed by atoms with van der Waals surface area (Å²) >= 11 is 2.19. The summed E-state index contributed by atoms with van der Waals surface area (Å²) < 4.78 is 1.04. The zero-order valence-corrected chi connectivity index (χ0v) is 11.8. The van der Waals surface area contributed by atoms with Gasteiger partial charge in [0.15, 0.2) is 5.78 Å². The van der Waals surface area contributed by atoms with Crippen LogP contribution in [0, 0.1) is 3.57 Å². The normalized spacial score (nSPS) is 15.8. The number of rotatable bonds is 3. The van der Waals surface area contributed by atoms with Crippen molar-refractivity contribution in [3.05, 3.63) is 27.3 Å². The molecule has 0 atom stereocenters. The van der Waals surface area contributed by atoms with E-state index in [-0.39, 0.29) is 5.78 Å². The van der Waals surface area contributed by atoms with Crippen LogP contribution in [-0.4, -0.2) is 23.9 Å². The number of nitrogens with zero attached hydrogens (tertiary/aromatic N) is 3. The summed E-state index contributed by atoms with van der Waals surface area (Å²) in [5.74, 6) is 0.0267. The van der Waals surface area contributed by atoms with E-state index in [1.54, 1.807) is 6.92 Å². The molecule has 17 heavy (non-hydrogen) atoms. The SMILES string of the molecule is CC(=O)c1cc(I)ccc1/N=N/N1CCCC1. The highest BCUT2D eigenvalue weighted by Crippen LogP contribution is 2.23. The second-order valence-corrected chi connectivity index (χ2v) is 5.31. The first-order valence-electron chi connectivity index (χ1n) is 5.64. The Kier molecular flexibility index (Phi) is 4.09. The Bertz CT molecular complexity index is 453. The molecule has 2 rings (SSSR count). The van der Waals surface area contributed by atoms with Crippen LogP contribution in [0.15, 0.2) is 28.5 Å². The summed E-state index contributed by atoms with van der Waals surface area (Å²) in [6, 6.07) is 5.63. The minimum Gasteiger partial charge on any atom is -0.294 e. The van der Waals surface area contributed by atoms with Gasteiger partial charge in [-0.25, -0.2) is 0 Å². The Morgan fingerprint density at radius 1 is 1.35 bits per heavy atom. The third kappa shape index (κ3) is 3.24. The van der Waals surface area contributed by atoms with Crippen molar-refractivity contribution in [2.75, 3.05) is 13.1 Å². The minimum atomic E-state index is 0.0267. The molecule has 1 aromatic rings. The molecule has 0 N–H and O–H groups in total. The lowest BCUT2D eigenvalue weighted by atomic mass is 10.1. The third-order valence-electron chi connectivity index (χ3n) is 2.70. The monoisotopic (exact) mass is 343 g/mol. The van der Waals surface area contributed by atoms with E-state index < -0.39 is 0 Å². The van der Waals surface area contributed by atoms with E-state index in [0.717, 1.165) is 16.7 Å². The molecule has 0 aliphatic carbocycles. The quantitative estimate of drug-likeness (QED) is 0.478. The number of hydrogen-bond acceptors (Lipinski definition) is 3. The van der Waals surface area contributed by atoms with Crippen LogP contribution in [0.4, 0.5) is 5.69 Å². The third-order valence-corrected chi connectivity index (χ3v) is 3.37. The van der Waals surface area contributed by atoms with E-state index >= 15 is 0 Å². The van der Waals surface area contributed by atoms with Crippen molar-refractivity contribution in [1.82, 2.24) is 5.01 Å². The first-order chi connectivity index (χ1) is 8.16. The second-order valence-electron chi connectivity index (χ2n) is 4.07. The van der Waals surface area contributed by atoms with Crippen molar-refractivity contribution in [3.8, 4) is 0 Å². The van der Waals surface area contributed by atoms with Crippen LogP contribution in [0.25, 0.3) is 0 Å². The highest BCUT2D eigenvalue weighted by atomic mass is 127. The number of halogens is 1. The van der Waals surface area contributed by atoms with Crippen LogP contribution >= 0.6 is 22.6 Å². The van der Waals surface area contributed by atoms with Crippen molar-refractivity contribution in [1.29, 1.82) is 0 Å². The summed E-state index contributed by atoms with van der Waals surface area (Å²) in [6.45, 7) is 3.48. The van der Waals surface area contributed by atoms with Gasteiger partial charge in [0.05, 0.1) is 5.69 Å². The number of benzene rings is 1. The van der Waals surface area contributed by atoms with Gasteiger partial charge in [0, 0.05) is 22.2 Å². The van der Waals surface area contributed by atoms with Gasteiger partial charge in [-0.1, -0.05) is 5.22 Å². The van der Waals surface area contributed by atoms with Gasteiger partial charge in [0.1, 0.15) is 0 Å². The van der Waals surface area contributed by atoms with Crippen molar-refractivity contribution >= 4 is 34.1 Å². The molecule has 0 bridgehead atoms. The summed E-state index contributed by atoms with van der Waals surface area (Å²) in [4.78, 5) is 11.5. The number of hydrogen-bond donors (Lipinski definition) is 0. The van der Waals surface area contributed by atoms with Crippen LogP contribution in [0.5, 0.6) is 0 Å². The Morgan fingerprint density at radius 3 is 2.71 bits per heavy atom. The number of carbonyl (C=O) groups excluding carboxylic acids is 1. The van der Waals surface area contributed by atoms with Crippen LogP contribution in [0.1, 0.15) is 30.1 Å². The van der Waals surface area contributed by atoms with E-state index in [2.05, 4.69) is 32.9 Å². The molecule has 90 valence electrons. The van der Waals surface area contributed by atoms with Gasteiger partial charge in [-0.15, -0.1) is 5.11 Å². The molecule has 0 unspecified atom stereocenters. The highest BCUT2D eigenvalue weighted by Gasteiger charge is 2.10. The molecule has 1 aromatic carbocycles. The first kappa shape index (κ1) is 12.5. The minimum absolute atomic E-state index is 0.0267. The molecule has 0 aromatic heterocycles. The average Bonchev–Trinajstić information content (AvgIpc) is 2.80. The van der Waals surface area contributed by atoms with Gasteiger partial charge in [0.2, 0.25) is 0 Å². The van der Waals surface area contributed by atoms with Crippen molar-refractivity contribution in [3.63, 3.8) is 0 Å². The van der Waals surface area contributed by atoms with Crippen molar-refractivity contribution < 1.29 is 4.79 Å². The van der Waals surface area contributed by atoms with Crippen LogP contribution < -0.4 is 0 Å². The maximum atomic E-state index is 11.5. The smallest absolute Gasteiger partial charge is 0.162 e. The van der Waals surface area contributed by atoms with Gasteiger partial charge in [0.25, 0.3) is 0 Å². The molecule has 1 saturated heterocycles. The predicted octanol–water partition coefficient (Wildman–Crippen LogP) is 3.59. The average molecular weight is 343 g/mol. The van der Waals surface area contributed by atoms with Gasteiger partial charge in [-0.05, 0) is 60.6 Å². The van der Waals surface area contributed by atoms with Crippen molar-refractivity contribution in [2.45, 2.75) is 19.8 Å². The van der Waals surface area contributed by atoms with Gasteiger partial charge >= 0.3 is 0 Å². The topological polar surface area (TPSA) is 45.0 Å². The van der Waals surface area contributed by atoms with Gasteiger partial charge in [-0.2, -0.15) is 0 Å². The maximum Gasteiger partial charge on any atom is 0.162 e. The highest BCUT2D eigenvalue weighted by molar-refractivity contribution is 14.1. The molecule has 0 saturated carbocycles. The molecule has 1 fully saturated rings. The van der Waals surface area contributed by atoms with E-state index in [4.69, 9.17) is 0 Å². The molecule has 1 aliphatic heterocycles. The van der Waals surface area contributed by atoms with E-state index in [1.165, 1.54) is 12.8 Å². The lowest BCUT2D eigenvalue weighted by Crippen LogP contribution is -2.09. The molecule has 1 heterocycles. The Morgan fingerprint density at radius 2 is 2.06 bits per heavy atom. The Labute approximate surface area is 114 Å². The molecule has 1 aliphatic rings.